The number of nitrogens with two attached hydrogens (primary N) is 1. The van der Waals surface area contributed by atoms with Crippen molar-refractivity contribution in [1.82, 2.24) is 10.2 Å². The summed E-state index contributed by atoms with van der Waals surface area (Å²) in [7, 11) is 0. The molecule has 5 nitrogen and oxygen atoms in total. The first kappa shape index (κ1) is 18.1. The zero-order valence-corrected chi connectivity index (χ0v) is 15.9. The minimum Gasteiger partial charge on any atom is -0.420 e. The van der Waals surface area contributed by atoms with Crippen LogP contribution in [0.3, 0.4) is 0 Å². The SMILES string of the molecule is Cc1ccc(SCc2[nH]nc3c2[C@@H](c2cccc(F)c2)C(C#N)=C(N)O3)cc1. The van der Waals surface area contributed by atoms with Gasteiger partial charge in [-0.1, -0.05) is 29.8 Å². The van der Waals surface area contributed by atoms with Crippen LogP contribution in [-0.4, -0.2) is 10.2 Å². The average molecular weight is 392 g/mol. The van der Waals surface area contributed by atoms with E-state index < -0.39 is 5.92 Å². The molecule has 1 atom stereocenters. The zero-order valence-electron chi connectivity index (χ0n) is 15.1. The predicted octanol–water partition coefficient (Wildman–Crippen LogP) is 4.37. The van der Waals surface area contributed by atoms with Crippen LogP contribution in [-0.2, 0) is 5.75 Å². The number of benzene rings is 2. The molecular weight excluding hydrogens is 375 g/mol. The maximum atomic E-state index is 13.9. The number of nitrogens with one attached hydrogen (secondary N) is 1. The zero-order chi connectivity index (χ0) is 19.7. The Hall–Kier alpha value is -3.24. The number of nitrogens with zero attached hydrogens (tertiary/aromatic N) is 2. The number of nitriles is 1. The molecular formula is C21H17FN4OS. The summed E-state index contributed by atoms with van der Waals surface area (Å²) in [6.45, 7) is 2.04. The van der Waals surface area contributed by atoms with E-state index in [0.29, 0.717) is 17.2 Å². The maximum absolute atomic E-state index is 13.9. The van der Waals surface area contributed by atoms with Gasteiger partial charge in [0.25, 0.3) is 0 Å². The largest absolute Gasteiger partial charge is 0.420 e. The van der Waals surface area contributed by atoms with Crippen LogP contribution in [0.15, 0.2) is 64.9 Å². The van der Waals surface area contributed by atoms with Gasteiger partial charge in [0.05, 0.1) is 17.2 Å². The van der Waals surface area contributed by atoms with Crippen LogP contribution in [0.5, 0.6) is 5.88 Å². The third-order valence-corrected chi connectivity index (χ3v) is 5.64. The highest BCUT2D eigenvalue weighted by atomic mass is 32.2. The first-order chi connectivity index (χ1) is 13.6. The monoisotopic (exact) mass is 392 g/mol. The highest BCUT2D eigenvalue weighted by molar-refractivity contribution is 7.98. The predicted molar refractivity (Wildman–Crippen MR) is 105 cm³/mol. The first-order valence-corrected chi connectivity index (χ1v) is 9.65. The molecule has 2 aromatic carbocycles. The molecule has 4 rings (SSSR count). The van der Waals surface area contributed by atoms with E-state index >= 15 is 0 Å². The number of hydrogen-bond acceptors (Lipinski definition) is 5. The van der Waals surface area contributed by atoms with Crippen molar-refractivity contribution in [3.8, 4) is 11.9 Å². The van der Waals surface area contributed by atoms with E-state index in [1.807, 2.05) is 6.92 Å². The Morgan fingerprint density at radius 3 is 2.79 bits per heavy atom. The number of H-pyrrole nitrogens is 1. The lowest BCUT2D eigenvalue weighted by molar-refractivity contribution is 0.378. The van der Waals surface area contributed by atoms with Gasteiger partial charge < -0.3 is 10.5 Å². The molecule has 0 radical (unpaired) electrons. The molecule has 0 bridgehead atoms. The molecule has 28 heavy (non-hydrogen) atoms. The van der Waals surface area contributed by atoms with Gasteiger partial charge in [0.1, 0.15) is 17.5 Å². The third-order valence-electron chi connectivity index (χ3n) is 4.60. The minimum absolute atomic E-state index is 0.00602. The number of allylic oxidation sites excluding steroid dienone is 1. The molecule has 1 aliphatic heterocycles. The van der Waals surface area contributed by atoms with Crippen molar-refractivity contribution < 1.29 is 9.13 Å². The molecule has 140 valence electrons. The molecule has 0 aliphatic carbocycles. The lowest BCUT2D eigenvalue weighted by Crippen LogP contribution is -2.21. The van der Waals surface area contributed by atoms with Gasteiger partial charge >= 0.3 is 0 Å². The lowest BCUT2D eigenvalue weighted by Gasteiger charge is -2.24. The molecule has 3 N–H and O–H groups in total. The summed E-state index contributed by atoms with van der Waals surface area (Å²) < 4.78 is 19.4. The molecule has 0 saturated carbocycles. The molecule has 0 amide bonds. The summed E-state index contributed by atoms with van der Waals surface area (Å²) in [4.78, 5) is 1.11. The van der Waals surface area contributed by atoms with E-state index in [4.69, 9.17) is 10.5 Å². The van der Waals surface area contributed by atoms with Crippen LogP contribution in [0.4, 0.5) is 4.39 Å². The molecule has 0 unspecified atom stereocenters. The average Bonchev–Trinajstić information content (AvgIpc) is 3.08. The van der Waals surface area contributed by atoms with Crippen molar-refractivity contribution in [2.24, 2.45) is 5.73 Å². The summed E-state index contributed by atoms with van der Waals surface area (Å²) in [6.07, 6.45) is 0. The maximum Gasteiger partial charge on any atom is 0.244 e. The van der Waals surface area contributed by atoms with Gasteiger partial charge in [0.15, 0.2) is 0 Å². The number of fused-ring (bicyclic) bond motifs is 1. The van der Waals surface area contributed by atoms with Crippen molar-refractivity contribution in [3.05, 3.63) is 88.2 Å². The standard InChI is InChI=1S/C21H17FN4OS/c1-12-5-7-15(8-6-12)28-11-17-19-18(13-3-2-4-14(22)9-13)16(10-23)20(24)27-21(19)26-25-17/h2-9,18H,11,24H2,1H3,(H,25,26)/t18-/m0/s1. The van der Waals surface area contributed by atoms with Crippen molar-refractivity contribution in [2.45, 2.75) is 23.5 Å². The molecule has 1 aliphatic rings. The van der Waals surface area contributed by atoms with E-state index in [-0.39, 0.29) is 17.3 Å². The second-order valence-corrected chi connectivity index (χ2v) is 7.55. The van der Waals surface area contributed by atoms with Crippen LogP contribution < -0.4 is 10.5 Å². The second kappa shape index (κ2) is 7.41. The third kappa shape index (κ3) is 3.35. The topological polar surface area (TPSA) is 87.7 Å². The summed E-state index contributed by atoms with van der Waals surface area (Å²) >= 11 is 1.64. The molecule has 1 aromatic heterocycles. The van der Waals surface area contributed by atoms with Gasteiger partial charge in [-0.2, -0.15) is 5.26 Å². The van der Waals surface area contributed by atoms with E-state index in [0.717, 1.165) is 16.2 Å². The fourth-order valence-electron chi connectivity index (χ4n) is 3.23. The molecule has 0 spiro atoms. The van der Waals surface area contributed by atoms with Gasteiger partial charge in [-0.25, -0.2) is 4.39 Å². The normalized spacial score (nSPS) is 15.7. The number of rotatable bonds is 4. The number of ether oxygens (including phenoxy) is 1. The molecule has 2 heterocycles. The Labute approximate surface area is 166 Å². The quantitative estimate of drug-likeness (QED) is 0.644. The summed E-state index contributed by atoms with van der Waals surface area (Å²) in [5.74, 6) is 0.00943. The second-order valence-electron chi connectivity index (χ2n) is 6.50. The van der Waals surface area contributed by atoms with Crippen molar-refractivity contribution >= 4 is 11.8 Å². The number of thioether (sulfide) groups is 1. The van der Waals surface area contributed by atoms with Gasteiger partial charge in [-0.05, 0) is 36.8 Å². The van der Waals surface area contributed by atoms with Gasteiger partial charge in [-0.15, -0.1) is 16.9 Å². The number of aromatic amines is 1. The van der Waals surface area contributed by atoms with E-state index in [1.54, 1.807) is 23.9 Å². The van der Waals surface area contributed by atoms with E-state index in [2.05, 4.69) is 40.5 Å². The summed E-state index contributed by atoms with van der Waals surface area (Å²) in [6, 6.07) is 16.5. The molecule has 0 saturated heterocycles. The van der Waals surface area contributed by atoms with Crippen LogP contribution in [0.1, 0.15) is 28.3 Å². The Bertz CT molecular complexity index is 1100. The van der Waals surface area contributed by atoms with Crippen LogP contribution >= 0.6 is 11.8 Å². The fraction of sp³-hybridized carbons (Fsp3) is 0.143. The Kier molecular flexibility index (Phi) is 4.80. The first-order valence-electron chi connectivity index (χ1n) is 8.66. The molecule has 3 aromatic rings. The van der Waals surface area contributed by atoms with Gasteiger partial charge in [0, 0.05) is 10.6 Å². The molecule has 0 fully saturated rings. The van der Waals surface area contributed by atoms with E-state index in [9.17, 15) is 9.65 Å². The Morgan fingerprint density at radius 2 is 2.07 bits per heavy atom. The molecule has 7 heteroatoms. The summed E-state index contributed by atoms with van der Waals surface area (Å²) in [5.41, 5.74) is 9.55. The Balaban J connectivity index is 1.73. The highest BCUT2D eigenvalue weighted by Crippen LogP contribution is 2.44. The van der Waals surface area contributed by atoms with Crippen molar-refractivity contribution in [2.75, 3.05) is 0 Å². The lowest BCUT2D eigenvalue weighted by atomic mass is 9.84. The Morgan fingerprint density at radius 1 is 1.29 bits per heavy atom. The van der Waals surface area contributed by atoms with Gasteiger partial charge in [-0.3, -0.25) is 5.10 Å². The highest BCUT2D eigenvalue weighted by Gasteiger charge is 2.35. The van der Waals surface area contributed by atoms with Crippen molar-refractivity contribution in [1.29, 1.82) is 5.26 Å². The number of hydrogen-bond donors (Lipinski definition) is 2. The van der Waals surface area contributed by atoms with Crippen LogP contribution in [0.2, 0.25) is 0 Å². The van der Waals surface area contributed by atoms with Crippen molar-refractivity contribution in [3.63, 3.8) is 0 Å². The van der Waals surface area contributed by atoms with Gasteiger partial charge in [0.2, 0.25) is 11.8 Å². The van der Waals surface area contributed by atoms with Crippen LogP contribution in [0, 0.1) is 24.1 Å². The van der Waals surface area contributed by atoms with E-state index in [1.165, 1.54) is 17.7 Å². The van der Waals surface area contributed by atoms with Crippen LogP contribution in [0.25, 0.3) is 0 Å². The number of halogens is 1. The number of aromatic nitrogens is 2. The fourth-order valence-corrected chi connectivity index (χ4v) is 4.09. The summed E-state index contributed by atoms with van der Waals surface area (Å²) in [5, 5.41) is 16.9. The minimum atomic E-state index is -0.531. The smallest absolute Gasteiger partial charge is 0.244 e. The number of aryl methyl sites for hydroxylation is 1.